The van der Waals surface area contributed by atoms with E-state index in [9.17, 15) is 4.39 Å². The smallest absolute Gasteiger partial charge is 0.141 e. The standard InChI is InChI=1S/C24H28FN5O/c1-15-22(16(2)31-28-15)18-5-6-20-21(11-18)30(13-17-7-9-24(3,25)10-8-17)27-23(20)19-12-26-29(4)14-19/h5-6,11-12,14,17H,7-10,13H2,1-4H3. The highest BCUT2D eigenvalue weighted by Crippen LogP contribution is 2.37. The minimum atomic E-state index is -1.03. The van der Waals surface area contributed by atoms with Crippen LogP contribution in [0.3, 0.4) is 0 Å². The number of hydrogen-bond acceptors (Lipinski definition) is 4. The molecular formula is C24H28FN5O. The summed E-state index contributed by atoms with van der Waals surface area (Å²) in [6, 6.07) is 6.41. The molecule has 7 heteroatoms. The third kappa shape index (κ3) is 3.66. The van der Waals surface area contributed by atoms with Gasteiger partial charge in [0.1, 0.15) is 17.1 Å². The van der Waals surface area contributed by atoms with Crippen molar-refractivity contribution in [1.82, 2.24) is 24.7 Å². The number of alkyl halides is 1. The van der Waals surface area contributed by atoms with E-state index in [-0.39, 0.29) is 0 Å². The minimum absolute atomic E-state index is 0.427. The molecule has 0 aliphatic heterocycles. The minimum Gasteiger partial charge on any atom is -0.361 e. The molecule has 0 unspecified atom stereocenters. The summed E-state index contributed by atoms with van der Waals surface area (Å²) in [6.45, 7) is 6.42. The van der Waals surface area contributed by atoms with Crippen LogP contribution in [0.25, 0.3) is 33.3 Å². The van der Waals surface area contributed by atoms with E-state index in [2.05, 4.69) is 33.1 Å². The van der Waals surface area contributed by atoms with E-state index < -0.39 is 5.67 Å². The molecule has 0 N–H and O–H groups in total. The zero-order valence-corrected chi connectivity index (χ0v) is 18.5. The molecule has 1 aromatic carbocycles. The fraction of sp³-hybridized carbons (Fsp3) is 0.458. The first-order chi connectivity index (χ1) is 14.8. The van der Waals surface area contributed by atoms with Gasteiger partial charge in [0, 0.05) is 36.3 Å². The summed E-state index contributed by atoms with van der Waals surface area (Å²) in [4.78, 5) is 0. The number of fused-ring (bicyclic) bond motifs is 1. The lowest BCUT2D eigenvalue weighted by atomic mass is 9.81. The van der Waals surface area contributed by atoms with Gasteiger partial charge in [0.15, 0.2) is 0 Å². The van der Waals surface area contributed by atoms with Gasteiger partial charge in [0.05, 0.1) is 17.4 Å². The number of hydrogen-bond donors (Lipinski definition) is 0. The maximum atomic E-state index is 14.3. The van der Waals surface area contributed by atoms with Crippen molar-refractivity contribution in [2.45, 2.75) is 58.7 Å². The average Bonchev–Trinajstić information content (AvgIpc) is 3.41. The highest BCUT2D eigenvalue weighted by Gasteiger charge is 2.31. The van der Waals surface area contributed by atoms with Crippen molar-refractivity contribution in [2.24, 2.45) is 13.0 Å². The van der Waals surface area contributed by atoms with Gasteiger partial charge in [-0.25, -0.2) is 4.39 Å². The van der Waals surface area contributed by atoms with Crippen molar-refractivity contribution in [2.75, 3.05) is 0 Å². The molecule has 0 saturated heterocycles. The molecule has 1 saturated carbocycles. The van der Waals surface area contributed by atoms with E-state index >= 15 is 0 Å². The zero-order chi connectivity index (χ0) is 21.8. The highest BCUT2D eigenvalue weighted by molar-refractivity contribution is 5.95. The first kappa shape index (κ1) is 20.0. The predicted octanol–water partition coefficient (Wildman–Crippen LogP) is 5.63. The van der Waals surface area contributed by atoms with Crippen LogP contribution >= 0.6 is 0 Å². The third-order valence-corrected chi connectivity index (χ3v) is 6.63. The Labute approximate surface area is 181 Å². The van der Waals surface area contributed by atoms with Crippen molar-refractivity contribution < 1.29 is 8.91 Å². The Morgan fingerprint density at radius 2 is 1.97 bits per heavy atom. The Balaban J connectivity index is 1.59. The second-order valence-electron chi connectivity index (χ2n) is 9.22. The summed E-state index contributed by atoms with van der Waals surface area (Å²) in [5.41, 5.74) is 4.96. The van der Waals surface area contributed by atoms with Crippen LogP contribution in [-0.2, 0) is 13.6 Å². The molecule has 6 nitrogen and oxygen atoms in total. The Bertz CT molecular complexity index is 1220. The summed E-state index contributed by atoms with van der Waals surface area (Å²) in [5.74, 6) is 1.24. The van der Waals surface area contributed by atoms with Crippen LogP contribution in [-0.4, -0.2) is 30.4 Å². The molecule has 0 atom stereocenters. The number of benzene rings is 1. The van der Waals surface area contributed by atoms with Gasteiger partial charge < -0.3 is 4.52 Å². The van der Waals surface area contributed by atoms with E-state index in [0.29, 0.717) is 18.8 Å². The summed E-state index contributed by atoms with van der Waals surface area (Å²) in [5, 5.41) is 14.5. The van der Waals surface area contributed by atoms with Gasteiger partial charge in [0.2, 0.25) is 0 Å². The maximum Gasteiger partial charge on any atom is 0.141 e. The largest absolute Gasteiger partial charge is 0.361 e. The quantitative estimate of drug-likeness (QED) is 0.429. The van der Waals surface area contributed by atoms with E-state index in [1.807, 2.05) is 33.3 Å². The second-order valence-corrected chi connectivity index (χ2v) is 9.22. The molecular weight excluding hydrogens is 393 g/mol. The first-order valence-corrected chi connectivity index (χ1v) is 10.9. The SMILES string of the molecule is Cc1noc(C)c1-c1ccc2c(-c3cnn(C)c3)nn(CC3CCC(C)(F)CC3)c2c1. The van der Waals surface area contributed by atoms with E-state index in [4.69, 9.17) is 9.62 Å². The van der Waals surface area contributed by atoms with Crippen molar-refractivity contribution in [3.63, 3.8) is 0 Å². The molecule has 1 aliphatic rings. The van der Waals surface area contributed by atoms with Gasteiger partial charge in [-0.05, 0) is 70.1 Å². The molecule has 3 aromatic heterocycles. The van der Waals surface area contributed by atoms with Crippen LogP contribution < -0.4 is 0 Å². The van der Waals surface area contributed by atoms with Gasteiger partial charge in [-0.1, -0.05) is 11.2 Å². The molecule has 31 heavy (non-hydrogen) atoms. The lowest BCUT2D eigenvalue weighted by Gasteiger charge is -2.31. The molecule has 1 fully saturated rings. The van der Waals surface area contributed by atoms with E-state index in [1.165, 1.54) is 0 Å². The lowest BCUT2D eigenvalue weighted by molar-refractivity contribution is 0.0973. The van der Waals surface area contributed by atoms with Gasteiger partial charge in [-0.2, -0.15) is 10.2 Å². The second kappa shape index (κ2) is 7.32. The topological polar surface area (TPSA) is 61.7 Å². The van der Waals surface area contributed by atoms with Gasteiger partial charge in [-0.15, -0.1) is 0 Å². The average molecular weight is 422 g/mol. The van der Waals surface area contributed by atoms with Crippen LogP contribution in [0.4, 0.5) is 4.39 Å². The fourth-order valence-electron chi connectivity index (χ4n) is 4.83. The number of halogens is 1. The fourth-order valence-corrected chi connectivity index (χ4v) is 4.83. The molecule has 5 rings (SSSR count). The van der Waals surface area contributed by atoms with Crippen LogP contribution in [0.15, 0.2) is 35.1 Å². The Kier molecular flexibility index (Phi) is 4.72. The normalized spacial score (nSPS) is 21.8. The van der Waals surface area contributed by atoms with Crippen molar-refractivity contribution in [3.8, 4) is 22.4 Å². The number of aryl methyl sites for hydroxylation is 3. The molecule has 1 aliphatic carbocycles. The monoisotopic (exact) mass is 421 g/mol. The third-order valence-electron chi connectivity index (χ3n) is 6.63. The maximum absolute atomic E-state index is 14.3. The van der Waals surface area contributed by atoms with Crippen LogP contribution in [0.1, 0.15) is 44.1 Å². The van der Waals surface area contributed by atoms with Gasteiger partial charge in [0.25, 0.3) is 0 Å². The Morgan fingerprint density at radius 3 is 2.61 bits per heavy atom. The van der Waals surface area contributed by atoms with E-state index in [1.54, 1.807) is 11.6 Å². The molecule has 0 spiro atoms. The van der Waals surface area contributed by atoms with Crippen molar-refractivity contribution in [3.05, 3.63) is 42.0 Å². The first-order valence-electron chi connectivity index (χ1n) is 10.9. The Hall–Kier alpha value is -2.96. The van der Waals surface area contributed by atoms with Gasteiger partial charge in [-0.3, -0.25) is 9.36 Å². The molecule has 162 valence electrons. The molecule has 0 amide bonds. The summed E-state index contributed by atoms with van der Waals surface area (Å²) >= 11 is 0. The molecule has 0 bridgehead atoms. The Morgan fingerprint density at radius 1 is 1.19 bits per heavy atom. The summed E-state index contributed by atoms with van der Waals surface area (Å²) in [6.07, 6.45) is 6.86. The molecule has 0 radical (unpaired) electrons. The van der Waals surface area contributed by atoms with Crippen LogP contribution in [0.5, 0.6) is 0 Å². The molecule has 3 heterocycles. The molecule has 4 aromatic rings. The predicted molar refractivity (Wildman–Crippen MR) is 118 cm³/mol. The zero-order valence-electron chi connectivity index (χ0n) is 18.5. The summed E-state index contributed by atoms with van der Waals surface area (Å²) in [7, 11) is 1.91. The van der Waals surface area contributed by atoms with Crippen LogP contribution in [0.2, 0.25) is 0 Å². The van der Waals surface area contributed by atoms with Gasteiger partial charge >= 0.3 is 0 Å². The number of nitrogens with zero attached hydrogens (tertiary/aromatic N) is 5. The lowest BCUT2D eigenvalue weighted by Crippen LogP contribution is -2.28. The summed E-state index contributed by atoms with van der Waals surface area (Å²) < 4.78 is 23.6. The van der Waals surface area contributed by atoms with E-state index in [0.717, 1.165) is 64.1 Å². The van der Waals surface area contributed by atoms with Crippen molar-refractivity contribution >= 4 is 10.9 Å². The number of rotatable bonds is 4. The van der Waals surface area contributed by atoms with Crippen molar-refractivity contribution in [1.29, 1.82) is 0 Å². The highest BCUT2D eigenvalue weighted by atomic mass is 19.1. The number of aromatic nitrogens is 5. The van der Waals surface area contributed by atoms with Crippen LogP contribution in [0, 0.1) is 19.8 Å².